The summed E-state index contributed by atoms with van der Waals surface area (Å²) in [6, 6.07) is 6.91. The zero-order valence-electron chi connectivity index (χ0n) is 13.7. The molecule has 0 aromatic heterocycles. The third-order valence-corrected chi connectivity index (χ3v) is 4.15. The number of urea groups is 1. The number of hydrogen-bond donors (Lipinski definition) is 3. The molecule has 3 amide bonds. The Bertz CT molecular complexity index is 522. The van der Waals surface area contributed by atoms with Crippen LogP contribution in [0.1, 0.15) is 42.1 Å². The van der Waals surface area contributed by atoms with Crippen molar-refractivity contribution in [1.82, 2.24) is 15.5 Å². The summed E-state index contributed by atoms with van der Waals surface area (Å²) in [7, 11) is 0. The quantitative estimate of drug-likeness (QED) is 0.742. The first-order chi connectivity index (χ1) is 11.1. The van der Waals surface area contributed by atoms with Crippen LogP contribution in [-0.2, 0) is 6.54 Å². The lowest BCUT2D eigenvalue weighted by molar-refractivity contribution is 0.0911. The van der Waals surface area contributed by atoms with Gasteiger partial charge in [0, 0.05) is 31.2 Å². The number of piperidine rings is 1. The van der Waals surface area contributed by atoms with Crippen LogP contribution in [-0.4, -0.2) is 42.5 Å². The van der Waals surface area contributed by atoms with E-state index in [2.05, 4.69) is 22.5 Å². The molecule has 4 N–H and O–H groups in total. The van der Waals surface area contributed by atoms with Crippen LogP contribution in [0.3, 0.4) is 0 Å². The lowest BCUT2D eigenvalue weighted by atomic mass is 10.0. The number of carbonyl (C=O) groups excluding carboxylic acids is 2. The van der Waals surface area contributed by atoms with E-state index in [1.807, 2.05) is 12.1 Å². The molecular formula is C17H26N4O2. The molecule has 1 aromatic carbocycles. The highest BCUT2D eigenvalue weighted by Gasteiger charge is 2.20. The molecule has 0 radical (unpaired) electrons. The number of nitrogens with one attached hydrogen (secondary N) is 2. The molecule has 0 unspecified atom stereocenters. The van der Waals surface area contributed by atoms with E-state index < -0.39 is 6.03 Å². The zero-order valence-corrected chi connectivity index (χ0v) is 13.7. The summed E-state index contributed by atoms with van der Waals surface area (Å²) in [4.78, 5) is 25.4. The van der Waals surface area contributed by atoms with Crippen molar-refractivity contribution in [2.24, 2.45) is 5.73 Å². The second-order valence-electron chi connectivity index (χ2n) is 6.00. The molecule has 0 aliphatic carbocycles. The molecule has 0 spiro atoms. The summed E-state index contributed by atoms with van der Waals surface area (Å²) in [6.45, 7) is 5.80. The van der Waals surface area contributed by atoms with Crippen molar-refractivity contribution < 1.29 is 9.59 Å². The van der Waals surface area contributed by atoms with Gasteiger partial charge in [-0.25, -0.2) is 4.79 Å². The van der Waals surface area contributed by atoms with Crippen LogP contribution in [0.15, 0.2) is 24.3 Å². The van der Waals surface area contributed by atoms with Gasteiger partial charge in [-0.3, -0.25) is 4.79 Å². The minimum Gasteiger partial charge on any atom is -0.352 e. The molecule has 0 bridgehead atoms. The molecule has 1 fully saturated rings. The number of rotatable bonds is 6. The number of amides is 3. The molecule has 1 aliphatic rings. The van der Waals surface area contributed by atoms with E-state index in [4.69, 9.17) is 5.73 Å². The van der Waals surface area contributed by atoms with Crippen molar-refractivity contribution in [2.45, 2.75) is 38.8 Å². The molecule has 1 aromatic rings. The maximum atomic E-state index is 12.3. The SMILES string of the molecule is CCCN1CCC(NC(=O)c2ccc(CNC(N)=O)cc2)CC1. The molecule has 0 saturated carbocycles. The first-order valence-corrected chi connectivity index (χ1v) is 8.24. The van der Waals surface area contributed by atoms with Gasteiger partial charge in [0.05, 0.1) is 0 Å². The maximum absolute atomic E-state index is 12.3. The second-order valence-corrected chi connectivity index (χ2v) is 6.00. The number of nitrogens with two attached hydrogens (primary N) is 1. The number of primary amides is 1. The zero-order chi connectivity index (χ0) is 16.7. The molecule has 6 heteroatoms. The fourth-order valence-corrected chi connectivity index (χ4v) is 2.85. The van der Waals surface area contributed by atoms with E-state index in [1.54, 1.807) is 12.1 Å². The second kappa shape index (κ2) is 8.53. The van der Waals surface area contributed by atoms with Gasteiger partial charge in [-0.05, 0) is 43.5 Å². The minimum atomic E-state index is -0.554. The van der Waals surface area contributed by atoms with Gasteiger partial charge in [0.25, 0.3) is 5.91 Å². The summed E-state index contributed by atoms with van der Waals surface area (Å²) in [6.07, 6.45) is 3.19. The van der Waals surface area contributed by atoms with E-state index in [-0.39, 0.29) is 11.9 Å². The molecule has 6 nitrogen and oxygen atoms in total. The van der Waals surface area contributed by atoms with Gasteiger partial charge in [0.2, 0.25) is 0 Å². The Balaban J connectivity index is 1.80. The van der Waals surface area contributed by atoms with Gasteiger partial charge in [-0.2, -0.15) is 0 Å². The Morgan fingerprint density at radius 2 is 1.87 bits per heavy atom. The number of benzene rings is 1. The average Bonchev–Trinajstić information content (AvgIpc) is 2.55. The van der Waals surface area contributed by atoms with E-state index in [1.165, 1.54) is 6.42 Å². The van der Waals surface area contributed by atoms with Gasteiger partial charge in [0.15, 0.2) is 0 Å². The van der Waals surface area contributed by atoms with Crippen LogP contribution in [0.5, 0.6) is 0 Å². The highest BCUT2D eigenvalue weighted by atomic mass is 16.2. The predicted molar refractivity (Wildman–Crippen MR) is 90.1 cm³/mol. The van der Waals surface area contributed by atoms with Crippen LogP contribution in [0, 0.1) is 0 Å². The Morgan fingerprint density at radius 1 is 1.22 bits per heavy atom. The summed E-state index contributed by atoms with van der Waals surface area (Å²) in [5, 5.41) is 5.64. The maximum Gasteiger partial charge on any atom is 0.312 e. The number of hydrogen-bond acceptors (Lipinski definition) is 3. The summed E-state index contributed by atoms with van der Waals surface area (Å²) in [5.41, 5.74) is 6.59. The Labute approximate surface area is 137 Å². The molecule has 23 heavy (non-hydrogen) atoms. The molecular weight excluding hydrogens is 292 g/mol. The monoisotopic (exact) mass is 318 g/mol. The van der Waals surface area contributed by atoms with Crippen molar-refractivity contribution in [3.8, 4) is 0 Å². The van der Waals surface area contributed by atoms with Crippen molar-refractivity contribution in [1.29, 1.82) is 0 Å². The van der Waals surface area contributed by atoms with Gasteiger partial charge in [0.1, 0.15) is 0 Å². The number of carbonyl (C=O) groups is 2. The lowest BCUT2D eigenvalue weighted by Gasteiger charge is -2.32. The Kier molecular flexibility index (Phi) is 6.40. The largest absolute Gasteiger partial charge is 0.352 e. The van der Waals surface area contributed by atoms with Gasteiger partial charge in [-0.15, -0.1) is 0 Å². The van der Waals surface area contributed by atoms with Crippen molar-refractivity contribution in [3.63, 3.8) is 0 Å². The summed E-state index contributed by atoms with van der Waals surface area (Å²) in [5.74, 6) is -0.0339. The van der Waals surface area contributed by atoms with E-state index in [9.17, 15) is 9.59 Å². The van der Waals surface area contributed by atoms with Crippen LogP contribution in [0.4, 0.5) is 4.79 Å². The standard InChI is InChI=1S/C17H26N4O2/c1-2-9-21-10-7-15(8-11-21)20-16(22)14-5-3-13(4-6-14)12-19-17(18)23/h3-6,15H,2,7-12H2,1H3,(H,20,22)(H3,18,19,23). The van der Waals surface area contributed by atoms with Gasteiger partial charge < -0.3 is 21.3 Å². The van der Waals surface area contributed by atoms with Crippen molar-refractivity contribution >= 4 is 11.9 Å². The fraction of sp³-hybridized carbons (Fsp3) is 0.529. The molecule has 1 aliphatic heterocycles. The third kappa shape index (κ3) is 5.56. The normalized spacial score (nSPS) is 16.0. The summed E-state index contributed by atoms with van der Waals surface area (Å²) >= 11 is 0. The fourth-order valence-electron chi connectivity index (χ4n) is 2.85. The van der Waals surface area contributed by atoms with Gasteiger partial charge in [-0.1, -0.05) is 19.1 Å². The minimum absolute atomic E-state index is 0.0339. The van der Waals surface area contributed by atoms with E-state index >= 15 is 0 Å². The Morgan fingerprint density at radius 3 is 2.43 bits per heavy atom. The Hall–Kier alpha value is -2.08. The smallest absolute Gasteiger partial charge is 0.312 e. The average molecular weight is 318 g/mol. The predicted octanol–water partition coefficient (Wildman–Crippen LogP) is 1.46. The molecule has 0 atom stereocenters. The first kappa shape index (κ1) is 17.3. The highest BCUT2D eigenvalue weighted by molar-refractivity contribution is 5.94. The molecule has 126 valence electrons. The molecule has 2 rings (SSSR count). The third-order valence-electron chi connectivity index (χ3n) is 4.15. The van der Waals surface area contributed by atoms with E-state index in [0.717, 1.165) is 38.0 Å². The number of likely N-dealkylation sites (tertiary alicyclic amines) is 1. The van der Waals surface area contributed by atoms with Crippen molar-refractivity contribution in [2.75, 3.05) is 19.6 Å². The van der Waals surface area contributed by atoms with Crippen LogP contribution < -0.4 is 16.4 Å². The van der Waals surface area contributed by atoms with Crippen LogP contribution in [0.2, 0.25) is 0 Å². The number of nitrogens with zero attached hydrogens (tertiary/aromatic N) is 1. The lowest BCUT2D eigenvalue weighted by Crippen LogP contribution is -2.44. The summed E-state index contributed by atoms with van der Waals surface area (Å²) < 4.78 is 0. The molecule has 1 heterocycles. The van der Waals surface area contributed by atoms with Crippen LogP contribution in [0.25, 0.3) is 0 Å². The molecule has 1 saturated heterocycles. The van der Waals surface area contributed by atoms with Crippen molar-refractivity contribution in [3.05, 3.63) is 35.4 Å². The van der Waals surface area contributed by atoms with Gasteiger partial charge >= 0.3 is 6.03 Å². The van der Waals surface area contributed by atoms with Crippen LogP contribution >= 0.6 is 0 Å². The topological polar surface area (TPSA) is 87.5 Å². The first-order valence-electron chi connectivity index (χ1n) is 8.24. The van der Waals surface area contributed by atoms with E-state index in [0.29, 0.717) is 12.1 Å². The highest BCUT2D eigenvalue weighted by Crippen LogP contribution is 2.12.